The molecule has 2 aromatic rings. The van der Waals surface area contributed by atoms with Gasteiger partial charge in [-0.05, 0) is 31.2 Å². The fourth-order valence-corrected chi connectivity index (χ4v) is 1.86. The number of rotatable bonds is 5. The van der Waals surface area contributed by atoms with Crippen molar-refractivity contribution in [1.82, 2.24) is 5.16 Å². The fraction of sp³-hybridized carbons (Fsp3) is 0.231. The molecule has 5 nitrogen and oxygen atoms in total. The summed E-state index contributed by atoms with van der Waals surface area (Å²) in [6.45, 7) is 2.03. The number of halogens is 1. The van der Waals surface area contributed by atoms with Crippen molar-refractivity contribution < 1.29 is 14.4 Å². The normalized spacial score (nSPS) is 10.4. The van der Waals surface area contributed by atoms with E-state index in [9.17, 15) is 4.79 Å². The topological polar surface area (TPSA) is 66.6 Å². The van der Waals surface area contributed by atoms with Gasteiger partial charge < -0.3 is 14.5 Å². The van der Waals surface area contributed by atoms with Crippen LogP contribution in [-0.2, 0) is 11.3 Å². The van der Waals surface area contributed by atoms with Crippen molar-refractivity contribution in [1.29, 1.82) is 0 Å². The minimum Gasteiger partial charge on any atom is -0.480 e. The van der Waals surface area contributed by atoms with Crippen LogP contribution in [-0.4, -0.2) is 22.8 Å². The van der Waals surface area contributed by atoms with Gasteiger partial charge in [-0.2, -0.15) is 0 Å². The Labute approximate surface area is 115 Å². The van der Waals surface area contributed by atoms with Crippen LogP contribution in [0.25, 0.3) is 0 Å². The lowest BCUT2D eigenvalue weighted by Gasteiger charge is -2.21. The molecule has 0 spiro atoms. The molecule has 0 saturated carbocycles. The van der Waals surface area contributed by atoms with Gasteiger partial charge in [0.2, 0.25) is 0 Å². The maximum atomic E-state index is 10.9. The summed E-state index contributed by atoms with van der Waals surface area (Å²) in [7, 11) is 0. The van der Waals surface area contributed by atoms with E-state index in [2.05, 4.69) is 5.16 Å². The number of carboxylic acid groups (broad SMARTS) is 1. The SMILES string of the molecule is Cc1cc(CN(CC(=O)O)c2ccc(Cl)cc2)on1. The summed E-state index contributed by atoms with van der Waals surface area (Å²) in [6.07, 6.45) is 0. The van der Waals surface area contributed by atoms with E-state index in [0.717, 1.165) is 11.4 Å². The van der Waals surface area contributed by atoms with Gasteiger partial charge in [-0.3, -0.25) is 4.79 Å². The van der Waals surface area contributed by atoms with Crippen LogP contribution in [0.5, 0.6) is 0 Å². The molecule has 0 unspecified atom stereocenters. The lowest BCUT2D eigenvalue weighted by atomic mass is 10.2. The van der Waals surface area contributed by atoms with E-state index in [4.69, 9.17) is 21.2 Å². The highest BCUT2D eigenvalue weighted by molar-refractivity contribution is 6.30. The average molecular weight is 281 g/mol. The van der Waals surface area contributed by atoms with Crippen molar-refractivity contribution in [3.8, 4) is 0 Å². The van der Waals surface area contributed by atoms with Gasteiger partial charge in [0.15, 0.2) is 5.76 Å². The van der Waals surface area contributed by atoms with E-state index in [1.807, 2.05) is 6.92 Å². The smallest absolute Gasteiger partial charge is 0.323 e. The first kappa shape index (κ1) is 13.4. The second-order valence-corrected chi connectivity index (χ2v) is 4.60. The summed E-state index contributed by atoms with van der Waals surface area (Å²) in [4.78, 5) is 12.6. The molecule has 0 bridgehead atoms. The Morgan fingerprint density at radius 2 is 2.11 bits per heavy atom. The molecule has 0 aliphatic heterocycles. The number of carboxylic acids is 1. The lowest BCUT2D eigenvalue weighted by Crippen LogP contribution is -2.28. The third-order valence-corrected chi connectivity index (χ3v) is 2.79. The summed E-state index contributed by atoms with van der Waals surface area (Å²) >= 11 is 5.82. The zero-order valence-corrected chi connectivity index (χ0v) is 11.1. The Bertz CT molecular complexity index is 566. The highest BCUT2D eigenvalue weighted by atomic mass is 35.5. The molecule has 0 amide bonds. The predicted octanol–water partition coefficient (Wildman–Crippen LogP) is 2.73. The van der Waals surface area contributed by atoms with Crippen LogP contribution >= 0.6 is 11.6 Å². The number of nitrogens with zero attached hydrogens (tertiary/aromatic N) is 2. The molecular formula is C13H13ClN2O3. The van der Waals surface area contributed by atoms with Crippen LogP contribution < -0.4 is 4.90 Å². The van der Waals surface area contributed by atoms with E-state index in [1.165, 1.54) is 0 Å². The van der Waals surface area contributed by atoms with Gasteiger partial charge in [0, 0.05) is 16.8 Å². The van der Waals surface area contributed by atoms with Gasteiger partial charge in [-0.15, -0.1) is 0 Å². The number of aryl methyl sites for hydroxylation is 1. The zero-order valence-electron chi connectivity index (χ0n) is 10.3. The molecule has 2 rings (SSSR count). The molecule has 0 saturated heterocycles. The van der Waals surface area contributed by atoms with Gasteiger partial charge in [0.1, 0.15) is 6.54 Å². The third kappa shape index (κ3) is 3.72. The number of anilines is 1. The van der Waals surface area contributed by atoms with Crippen LogP contribution in [0.1, 0.15) is 11.5 Å². The molecule has 1 heterocycles. The van der Waals surface area contributed by atoms with Crippen molar-refractivity contribution in [2.24, 2.45) is 0 Å². The molecule has 0 aliphatic rings. The van der Waals surface area contributed by atoms with Crippen molar-refractivity contribution >= 4 is 23.3 Å². The van der Waals surface area contributed by atoms with Crippen molar-refractivity contribution in [2.45, 2.75) is 13.5 Å². The molecule has 100 valence electrons. The molecule has 0 radical (unpaired) electrons. The van der Waals surface area contributed by atoms with Gasteiger partial charge in [0.05, 0.1) is 12.2 Å². The Hall–Kier alpha value is -2.01. The quantitative estimate of drug-likeness (QED) is 0.912. The highest BCUT2D eigenvalue weighted by Crippen LogP contribution is 2.20. The van der Waals surface area contributed by atoms with Gasteiger partial charge in [-0.1, -0.05) is 16.8 Å². The van der Waals surface area contributed by atoms with E-state index >= 15 is 0 Å². The molecule has 0 aliphatic carbocycles. The fourth-order valence-electron chi connectivity index (χ4n) is 1.73. The standard InChI is InChI=1S/C13H13ClN2O3/c1-9-6-12(19-15-9)7-16(8-13(17)18)11-4-2-10(14)3-5-11/h2-6H,7-8H2,1H3,(H,17,18). The molecule has 19 heavy (non-hydrogen) atoms. The van der Waals surface area contributed by atoms with Crippen LogP contribution in [0.4, 0.5) is 5.69 Å². The first-order valence-electron chi connectivity index (χ1n) is 5.69. The number of carbonyl (C=O) groups is 1. The van der Waals surface area contributed by atoms with Crippen LogP contribution in [0.2, 0.25) is 5.02 Å². The molecule has 6 heteroatoms. The number of hydrogen-bond donors (Lipinski definition) is 1. The highest BCUT2D eigenvalue weighted by Gasteiger charge is 2.13. The van der Waals surface area contributed by atoms with Crippen molar-refractivity contribution in [2.75, 3.05) is 11.4 Å². The summed E-state index contributed by atoms with van der Waals surface area (Å²) in [5, 5.41) is 13.4. The molecule has 1 aromatic carbocycles. The Morgan fingerprint density at radius 3 is 2.63 bits per heavy atom. The van der Waals surface area contributed by atoms with Crippen molar-refractivity contribution in [3.63, 3.8) is 0 Å². The average Bonchev–Trinajstić information content (AvgIpc) is 2.74. The Morgan fingerprint density at radius 1 is 1.42 bits per heavy atom. The number of aromatic nitrogens is 1. The Balaban J connectivity index is 2.20. The van der Waals surface area contributed by atoms with Crippen molar-refractivity contribution in [3.05, 3.63) is 46.8 Å². The predicted molar refractivity (Wildman–Crippen MR) is 71.4 cm³/mol. The third-order valence-electron chi connectivity index (χ3n) is 2.54. The largest absolute Gasteiger partial charge is 0.480 e. The maximum Gasteiger partial charge on any atom is 0.323 e. The molecule has 0 fully saturated rings. The first-order chi connectivity index (χ1) is 9.04. The molecule has 1 N–H and O–H groups in total. The maximum absolute atomic E-state index is 10.9. The molecule has 0 atom stereocenters. The molecular weight excluding hydrogens is 268 g/mol. The van der Waals surface area contributed by atoms with Gasteiger partial charge >= 0.3 is 5.97 Å². The Kier molecular flexibility index (Phi) is 4.06. The number of aliphatic carboxylic acids is 1. The van der Waals surface area contributed by atoms with E-state index in [0.29, 0.717) is 17.3 Å². The minimum atomic E-state index is -0.911. The molecule has 1 aromatic heterocycles. The van der Waals surface area contributed by atoms with Crippen LogP contribution in [0.3, 0.4) is 0 Å². The first-order valence-corrected chi connectivity index (χ1v) is 6.07. The summed E-state index contributed by atoms with van der Waals surface area (Å²) in [5.41, 5.74) is 1.53. The van der Waals surface area contributed by atoms with Gasteiger partial charge in [-0.25, -0.2) is 0 Å². The van der Waals surface area contributed by atoms with Crippen LogP contribution in [0, 0.1) is 6.92 Å². The van der Waals surface area contributed by atoms with E-state index in [-0.39, 0.29) is 6.54 Å². The monoisotopic (exact) mass is 280 g/mol. The second-order valence-electron chi connectivity index (χ2n) is 4.16. The second kappa shape index (κ2) is 5.75. The summed E-state index contributed by atoms with van der Waals surface area (Å²) < 4.78 is 5.11. The van der Waals surface area contributed by atoms with E-state index in [1.54, 1.807) is 35.2 Å². The zero-order chi connectivity index (χ0) is 13.8. The number of hydrogen-bond acceptors (Lipinski definition) is 4. The van der Waals surface area contributed by atoms with Gasteiger partial charge in [0.25, 0.3) is 0 Å². The minimum absolute atomic E-state index is 0.124. The lowest BCUT2D eigenvalue weighted by molar-refractivity contribution is -0.135. The van der Waals surface area contributed by atoms with Crippen LogP contribution in [0.15, 0.2) is 34.9 Å². The van der Waals surface area contributed by atoms with E-state index < -0.39 is 5.97 Å². The summed E-state index contributed by atoms with van der Waals surface area (Å²) in [5.74, 6) is -0.292. The number of benzene rings is 1. The summed E-state index contributed by atoms with van der Waals surface area (Å²) in [6, 6.07) is 8.77.